The second-order valence-electron chi connectivity index (χ2n) is 5.20. The van der Waals surface area contributed by atoms with E-state index in [1.165, 1.54) is 0 Å². The molecule has 0 bridgehead atoms. The third kappa shape index (κ3) is 4.85. The predicted octanol–water partition coefficient (Wildman–Crippen LogP) is 3.01. The summed E-state index contributed by atoms with van der Waals surface area (Å²) in [4.78, 5) is 14.4. The van der Waals surface area contributed by atoms with Crippen molar-refractivity contribution in [3.8, 4) is 0 Å². The van der Waals surface area contributed by atoms with Crippen LogP contribution in [0.5, 0.6) is 0 Å². The number of amides is 1. The van der Waals surface area contributed by atoms with E-state index >= 15 is 0 Å². The van der Waals surface area contributed by atoms with E-state index in [0.29, 0.717) is 28.2 Å². The van der Waals surface area contributed by atoms with Gasteiger partial charge in [0.05, 0.1) is 10.7 Å². The van der Waals surface area contributed by atoms with E-state index in [9.17, 15) is 4.79 Å². The smallest absolute Gasteiger partial charge is 0.225 e. The van der Waals surface area contributed by atoms with E-state index in [2.05, 4.69) is 22.5 Å². The monoisotopic (exact) mass is 329 g/mol. The van der Waals surface area contributed by atoms with Gasteiger partial charge in [0.15, 0.2) is 0 Å². The van der Waals surface area contributed by atoms with Crippen LogP contribution in [0.1, 0.15) is 19.8 Å². The van der Waals surface area contributed by atoms with Gasteiger partial charge in [0.2, 0.25) is 5.91 Å². The molecule has 1 aliphatic heterocycles. The molecule has 116 valence electrons. The van der Waals surface area contributed by atoms with Gasteiger partial charge < -0.3 is 10.6 Å². The fourth-order valence-corrected chi connectivity index (χ4v) is 2.94. The van der Waals surface area contributed by atoms with Crippen LogP contribution in [0.3, 0.4) is 0 Å². The highest BCUT2D eigenvalue weighted by molar-refractivity contribution is 6.35. The zero-order chi connectivity index (χ0) is 15.2. The Morgan fingerprint density at radius 2 is 2.29 bits per heavy atom. The van der Waals surface area contributed by atoms with Crippen molar-refractivity contribution in [2.24, 2.45) is 0 Å². The fourth-order valence-electron chi connectivity index (χ4n) is 2.60. The molecule has 1 aromatic carbocycles. The number of hydrogen-bond donors (Lipinski definition) is 2. The van der Waals surface area contributed by atoms with Crippen LogP contribution in [0.15, 0.2) is 18.2 Å². The molecule has 1 atom stereocenters. The van der Waals surface area contributed by atoms with Crippen LogP contribution in [-0.4, -0.2) is 43.0 Å². The Morgan fingerprint density at radius 3 is 2.95 bits per heavy atom. The molecular weight excluding hydrogens is 309 g/mol. The topological polar surface area (TPSA) is 44.4 Å². The molecule has 0 aliphatic carbocycles. The number of nitrogens with zero attached hydrogens (tertiary/aromatic N) is 1. The summed E-state index contributed by atoms with van der Waals surface area (Å²) in [5.74, 6) is -0.0384. The number of rotatable bonds is 6. The highest BCUT2D eigenvalue weighted by Gasteiger charge is 2.21. The number of benzene rings is 1. The number of carbonyl (C=O) groups excluding carboxylic acids is 1. The predicted molar refractivity (Wildman–Crippen MR) is 88.2 cm³/mol. The molecule has 6 heteroatoms. The SMILES string of the molecule is CCN(CCC(=O)Nc1cc(Cl)ccc1Cl)C1CCNC1. The molecule has 0 aromatic heterocycles. The van der Waals surface area contributed by atoms with Crippen molar-refractivity contribution in [2.75, 3.05) is 31.5 Å². The molecule has 1 aromatic rings. The summed E-state index contributed by atoms with van der Waals surface area (Å²) in [6.07, 6.45) is 1.60. The van der Waals surface area contributed by atoms with Crippen LogP contribution in [0.2, 0.25) is 10.0 Å². The third-order valence-corrected chi connectivity index (χ3v) is 4.35. The minimum Gasteiger partial charge on any atom is -0.325 e. The highest BCUT2D eigenvalue weighted by Crippen LogP contribution is 2.25. The first-order chi connectivity index (χ1) is 10.1. The van der Waals surface area contributed by atoms with Gasteiger partial charge in [-0.05, 0) is 37.7 Å². The maximum Gasteiger partial charge on any atom is 0.225 e. The molecule has 1 heterocycles. The molecule has 0 saturated carbocycles. The van der Waals surface area contributed by atoms with Gasteiger partial charge in [0, 0.05) is 30.6 Å². The molecular formula is C15H21Cl2N3O. The van der Waals surface area contributed by atoms with E-state index in [1.54, 1.807) is 18.2 Å². The molecule has 1 aliphatic rings. The van der Waals surface area contributed by atoms with Crippen LogP contribution < -0.4 is 10.6 Å². The summed E-state index contributed by atoms with van der Waals surface area (Å²) in [6, 6.07) is 5.59. The van der Waals surface area contributed by atoms with Gasteiger partial charge in [0.1, 0.15) is 0 Å². The lowest BCUT2D eigenvalue weighted by Gasteiger charge is -2.26. The summed E-state index contributed by atoms with van der Waals surface area (Å²) < 4.78 is 0. The van der Waals surface area contributed by atoms with Crippen molar-refractivity contribution < 1.29 is 4.79 Å². The van der Waals surface area contributed by atoms with Crippen molar-refractivity contribution in [2.45, 2.75) is 25.8 Å². The summed E-state index contributed by atoms with van der Waals surface area (Å²) >= 11 is 12.0. The molecule has 21 heavy (non-hydrogen) atoms. The Hall–Kier alpha value is -0.810. The summed E-state index contributed by atoms with van der Waals surface area (Å²) in [7, 11) is 0. The van der Waals surface area contributed by atoms with Crippen molar-refractivity contribution >= 4 is 34.8 Å². The molecule has 1 unspecified atom stereocenters. The van der Waals surface area contributed by atoms with E-state index < -0.39 is 0 Å². The lowest BCUT2D eigenvalue weighted by atomic mass is 10.2. The molecule has 1 fully saturated rings. The minimum absolute atomic E-state index is 0.0384. The van der Waals surface area contributed by atoms with Crippen molar-refractivity contribution in [3.05, 3.63) is 28.2 Å². The van der Waals surface area contributed by atoms with Crippen LogP contribution in [0.25, 0.3) is 0 Å². The van der Waals surface area contributed by atoms with Gasteiger partial charge in [-0.15, -0.1) is 0 Å². The van der Waals surface area contributed by atoms with Gasteiger partial charge in [-0.2, -0.15) is 0 Å². The zero-order valence-electron chi connectivity index (χ0n) is 12.2. The molecule has 1 amide bonds. The van der Waals surface area contributed by atoms with Gasteiger partial charge in [0.25, 0.3) is 0 Å². The third-order valence-electron chi connectivity index (χ3n) is 3.79. The summed E-state index contributed by atoms with van der Waals surface area (Å²) in [6.45, 7) is 5.91. The Kier molecular flexibility index (Phi) is 6.30. The second kappa shape index (κ2) is 7.99. The van der Waals surface area contributed by atoms with Crippen LogP contribution >= 0.6 is 23.2 Å². The number of likely N-dealkylation sites (N-methyl/N-ethyl adjacent to an activating group) is 1. The van der Waals surface area contributed by atoms with Crippen LogP contribution in [-0.2, 0) is 4.79 Å². The largest absolute Gasteiger partial charge is 0.325 e. The summed E-state index contributed by atoms with van der Waals surface area (Å²) in [5, 5.41) is 7.23. The molecule has 2 N–H and O–H groups in total. The quantitative estimate of drug-likeness (QED) is 0.843. The Morgan fingerprint density at radius 1 is 1.48 bits per heavy atom. The first-order valence-corrected chi connectivity index (χ1v) is 8.05. The van der Waals surface area contributed by atoms with Gasteiger partial charge in [-0.3, -0.25) is 9.69 Å². The number of hydrogen-bond acceptors (Lipinski definition) is 3. The van der Waals surface area contributed by atoms with Crippen molar-refractivity contribution in [1.29, 1.82) is 0 Å². The lowest BCUT2D eigenvalue weighted by Crippen LogP contribution is -2.38. The van der Waals surface area contributed by atoms with Crippen LogP contribution in [0.4, 0.5) is 5.69 Å². The van der Waals surface area contributed by atoms with E-state index in [4.69, 9.17) is 23.2 Å². The maximum atomic E-state index is 12.1. The standard InChI is InChI=1S/C15H21Cl2N3O/c1-2-20(12-5-7-18-10-12)8-6-15(21)19-14-9-11(16)3-4-13(14)17/h3-4,9,12,18H,2,5-8,10H2,1H3,(H,19,21). The first-order valence-electron chi connectivity index (χ1n) is 7.30. The fraction of sp³-hybridized carbons (Fsp3) is 0.533. The van der Waals surface area contributed by atoms with E-state index in [1.807, 2.05) is 0 Å². The minimum atomic E-state index is -0.0384. The average molecular weight is 330 g/mol. The van der Waals surface area contributed by atoms with E-state index in [0.717, 1.165) is 32.6 Å². The first kappa shape index (κ1) is 16.6. The molecule has 0 radical (unpaired) electrons. The average Bonchev–Trinajstić information content (AvgIpc) is 2.98. The van der Waals surface area contributed by atoms with Gasteiger partial charge in [-0.1, -0.05) is 30.1 Å². The number of nitrogens with one attached hydrogen (secondary N) is 2. The molecule has 0 spiro atoms. The van der Waals surface area contributed by atoms with Gasteiger partial charge >= 0.3 is 0 Å². The molecule has 4 nitrogen and oxygen atoms in total. The molecule has 2 rings (SSSR count). The van der Waals surface area contributed by atoms with E-state index in [-0.39, 0.29) is 5.91 Å². The Balaban J connectivity index is 1.85. The number of anilines is 1. The normalized spacial score (nSPS) is 18.2. The van der Waals surface area contributed by atoms with Crippen LogP contribution in [0, 0.1) is 0 Å². The second-order valence-corrected chi connectivity index (χ2v) is 6.04. The Labute approximate surface area is 135 Å². The maximum absolute atomic E-state index is 12.1. The van der Waals surface area contributed by atoms with Crippen molar-refractivity contribution in [3.63, 3.8) is 0 Å². The number of halogens is 2. The summed E-state index contributed by atoms with van der Waals surface area (Å²) in [5.41, 5.74) is 0.569. The Bertz CT molecular complexity index is 490. The lowest BCUT2D eigenvalue weighted by molar-refractivity contribution is -0.116. The van der Waals surface area contributed by atoms with Gasteiger partial charge in [-0.25, -0.2) is 0 Å². The number of carbonyl (C=O) groups is 1. The highest BCUT2D eigenvalue weighted by atomic mass is 35.5. The molecule has 1 saturated heterocycles. The van der Waals surface area contributed by atoms with Crippen molar-refractivity contribution in [1.82, 2.24) is 10.2 Å². The zero-order valence-corrected chi connectivity index (χ0v) is 13.7.